The van der Waals surface area contributed by atoms with Gasteiger partial charge in [-0.3, -0.25) is 4.90 Å². The minimum Gasteiger partial charge on any atom is -0.424 e. The summed E-state index contributed by atoms with van der Waals surface area (Å²) in [6.07, 6.45) is 0. The van der Waals surface area contributed by atoms with Crippen molar-refractivity contribution in [3.8, 4) is 0 Å². The fraction of sp³-hybridized carbons (Fsp3) is 0.467. The lowest BCUT2D eigenvalue weighted by Gasteiger charge is -2.33. The number of rotatable bonds is 5. The third-order valence-corrected chi connectivity index (χ3v) is 6.02. The number of piperazine rings is 1. The van der Waals surface area contributed by atoms with Gasteiger partial charge in [0, 0.05) is 38.1 Å². The van der Waals surface area contributed by atoms with Gasteiger partial charge in [0.1, 0.15) is 0 Å². The Morgan fingerprint density at radius 1 is 1.12 bits per heavy atom. The summed E-state index contributed by atoms with van der Waals surface area (Å²) in [5, 5.41) is 8.37. The van der Waals surface area contributed by atoms with Crippen LogP contribution in [0.4, 0.5) is 0 Å². The maximum absolute atomic E-state index is 12.5. The van der Waals surface area contributed by atoms with E-state index in [1.807, 2.05) is 0 Å². The maximum Gasteiger partial charge on any atom is 0.230 e. The Morgan fingerprint density at radius 2 is 1.79 bits per heavy atom. The Labute approximate surface area is 146 Å². The van der Waals surface area contributed by atoms with E-state index in [1.165, 1.54) is 4.31 Å². The van der Waals surface area contributed by atoms with E-state index in [-0.39, 0.29) is 5.75 Å². The molecule has 0 amide bonds. The highest BCUT2D eigenvalue weighted by atomic mass is 35.5. The third-order valence-electron chi connectivity index (χ3n) is 3.91. The van der Waals surface area contributed by atoms with Crippen LogP contribution in [0.25, 0.3) is 0 Å². The van der Waals surface area contributed by atoms with Crippen LogP contribution in [0.5, 0.6) is 0 Å². The van der Waals surface area contributed by atoms with Gasteiger partial charge < -0.3 is 4.42 Å². The predicted molar refractivity (Wildman–Crippen MR) is 90.0 cm³/mol. The minimum atomic E-state index is -3.33. The zero-order valence-electron chi connectivity index (χ0n) is 13.4. The lowest BCUT2D eigenvalue weighted by atomic mass is 10.2. The van der Waals surface area contributed by atoms with Gasteiger partial charge in [-0.15, -0.1) is 10.2 Å². The first kappa shape index (κ1) is 17.3. The molecule has 0 saturated carbocycles. The Bertz CT molecular complexity index is 783. The average Bonchev–Trinajstić information content (AvgIpc) is 2.95. The molecule has 0 unspecified atom stereocenters. The second-order valence-electron chi connectivity index (χ2n) is 5.77. The highest BCUT2D eigenvalue weighted by Gasteiger charge is 2.27. The van der Waals surface area contributed by atoms with Crippen LogP contribution in [-0.4, -0.2) is 54.0 Å². The van der Waals surface area contributed by atoms with Crippen molar-refractivity contribution in [2.75, 3.05) is 26.2 Å². The van der Waals surface area contributed by atoms with Gasteiger partial charge in [0.25, 0.3) is 0 Å². The molecule has 0 radical (unpaired) electrons. The zero-order valence-corrected chi connectivity index (χ0v) is 14.9. The maximum atomic E-state index is 12.5. The van der Waals surface area contributed by atoms with Crippen molar-refractivity contribution in [2.24, 2.45) is 0 Å². The van der Waals surface area contributed by atoms with E-state index in [4.69, 9.17) is 16.0 Å². The highest BCUT2D eigenvalue weighted by molar-refractivity contribution is 7.88. The fourth-order valence-electron chi connectivity index (χ4n) is 2.64. The number of aryl methyl sites for hydroxylation is 1. The smallest absolute Gasteiger partial charge is 0.230 e. The van der Waals surface area contributed by atoms with Crippen LogP contribution in [0, 0.1) is 6.92 Å². The lowest BCUT2D eigenvalue weighted by molar-refractivity contribution is 0.167. The summed E-state index contributed by atoms with van der Waals surface area (Å²) in [4.78, 5) is 2.11. The fourth-order valence-corrected chi connectivity index (χ4v) is 4.28. The van der Waals surface area contributed by atoms with Gasteiger partial charge in [0.05, 0.1) is 12.3 Å². The number of benzene rings is 1. The first-order valence-corrected chi connectivity index (χ1v) is 9.65. The van der Waals surface area contributed by atoms with Gasteiger partial charge in [0.2, 0.25) is 21.8 Å². The molecule has 24 heavy (non-hydrogen) atoms. The topological polar surface area (TPSA) is 79.5 Å². The Hall–Kier alpha value is -1.48. The van der Waals surface area contributed by atoms with Crippen molar-refractivity contribution >= 4 is 21.6 Å². The number of sulfonamides is 1. The molecule has 0 aliphatic carbocycles. The average molecular weight is 371 g/mol. The Kier molecular flexibility index (Phi) is 5.19. The van der Waals surface area contributed by atoms with Crippen molar-refractivity contribution in [3.05, 3.63) is 46.6 Å². The van der Waals surface area contributed by atoms with Gasteiger partial charge in [-0.1, -0.05) is 23.7 Å². The molecule has 2 aromatic rings. The molecule has 1 aliphatic heterocycles. The third kappa shape index (κ3) is 4.32. The molecule has 0 spiro atoms. The van der Waals surface area contributed by atoms with E-state index < -0.39 is 10.0 Å². The monoisotopic (exact) mass is 370 g/mol. The van der Waals surface area contributed by atoms with Gasteiger partial charge in [-0.05, 0) is 17.7 Å². The van der Waals surface area contributed by atoms with E-state index >= 15 is 0 Å². The molecule has 2 heterocycles. The highest BCUT2D eigenvalue weighted by Crippen LogP contribution is 2.17. The van der Waals surface area contributed by atoms with Gasteiger partial charge in [-0.2, -0.15) is 4.31 Å². The molecule has 0 bridgehead atoms. The molecule has 130 valence electrons. The lowest BCUT2D eigenvalue weighted by Crippen LogP contribution is -2.48. The SMILES string of the molecule is Cc1nnc(CN2CCN(S(=O)(=O)Cc3ccc(Cl)cc3)CC2)o1. The normalized spacial score (nSPS) is 17.2. The first-order valence-electron chi connectivity index (χ1n) is 7.66. The molecule has 1 aromatic carbocycles. The first-order chi connectivity index (χ1) is 11.4. The molecule has 1 saturated heterocycles. The predicted octanol–water partition coefficient (Wildman–Crippen LogP) is 1.68. The minimum absolute atomic E-state index is 0.00692. The van der Waals surface area contributed by atoms with E-state index in [0.29, 0.717) is 49.5 Å². The van der Waals surface area contributed by atoms with Crippen molar-refractivity contribution < 1.29 is 12.8 Å². The van der Waals surface area contributed by atoms with Crippen LogP contribution in [0.3, 0.4) is 0 Å². The van der Waals surface area contributed by atoms with Crippen molar-refractivity contribution in [1.82, 2.24) is 19.4 Å². The van der Waals surface area contributed by atoms with Crippen molar-refractivity contribution in [3.63, 3.8) is 0 Å². The molecule has 7 nitrogen and oxygen atoms in total. The molecular formula is C15H19ClN4O3S. The molecule has 9 heteroatoms. The van der Waals surface area contributed by atoms with Crippen molar-refractivity contribution in [2.45, 2.75) is 19.2 Å². The molecular weight excluding hydrogens is 352 g/mol. The summed E-state index contributed by atoms with van der Waals surface area (Å²) in [5.74, 6) is 1.09. The largest absolute Gasteiger partial charge is 0.424 e. The van der Waals surface area contributed by atoms with Crippen molar-refractivity contribution in [1.29, 1.82) is 0 Å². The summed E-state index contributed by atoms with van der Waals surface area (Å²) in [6.45, 7) is 4.50. The quantitative estimate of drug-likeness (QED) is 0.796. The van der Waals surface area contributed by atoms with Crippen LogP contribution >= 0.6 is 11.6 Å². The second-order valence-corrected chi connectivity index (χ2v) is 8.18. The van der Waals surface area contributed by atoms with E-state index in [2.05, 4.69) is 15.1 Å². The van der Waals surface area contributed by atoms with Gasteiger partial charge in [-0.25, -0.2) is 8.42 Å². The van der Waals surface area contributed by atoms with E-state index in [9.17, 15) is 8.42 Å². The van der Waals surface area contributed by atoms with Gasteiger partial charge >= 0.3 is 0 Å². The summed E-state index contributed by atoms with van der Waals surface area (Å²) >= 11 is 5.83. The Balaban J connectivity index is 1.56. The number of nitrogens with zero attached hydrogens (tertiary/aromatic N) is 4. The summed E-state index contributed by atoms with van der Waals surface area (Å²) < 4.78 is 32.0. The van der Waals surface area contributed by atoms with Crippen LogP contribution in [0.15, 0.2) is 28.7 Å². The molecule has 0 N–H and O–H groups in total. The standard InChI is InChI=1S/C15H19ClN4O3S/c1-12-17-18-15(23-12)10-19-6-8-20(9-7-19)24(21,22)11-13-2-4-14(16)5-3-13/h2-5H,6-11H2,1H3. The number of hydrogen-bond acceptors (Lipinski definition) is 6. The molecule has 1 aliphatic rings. The summed E-state index contributed by atoms with van der Waals surface area (Å²) in [5.41, 5.74) is 0.739. The molecule has 0 atom stereocenters. The van der Waals surface area contributed by atoms with E-state index in [1.54, 1.807) is 31.2 Å². The summed E-state index contributed by atoms with van der Waals surface area (Å²) in [7, 11) is -3.33. The molecule has 1 aromatic heterocycles. The molecule has 3 rings (SSSR count). The van der Waals surface area contributed by atoms with Gasteiger partial charge in [0.15, 0.2) is 0 Å². The number of hydrogen-bond donors (Lipinski definition) is 0. The van der Waals surface area contributed by atoms with E-state index in [0.717, 1.165) is 5.56 Å². The summed E-state index contributed by atoms with van der Waals surface area (Å²) in [6, 6.07) is 6.90. The van der Waals surface area contributed by atoms with Crippen LogP contribution in [-0.2, 0) is 22.3 Å². The number of halogens is 1. The van der Waals surface area contributed by atoms with Crippen LogP contribution in [0.2, 0.25) is 5.02 Å². The molecule has 1 fully saturated rings. The second kappa shape index (κ2) is 7.18. The van der Waals surface area contributed by atoms with Crippen LogP contribution in [0.1, 0.15) is 17.3 Å². The van der Waals surface area contributed by atoms with Crippen LogP contribution < -0.4 is 0 Å². The zero-order chi connectivity index (χ0) is 17.2. The number of aromatic nitrogens is 2. The Morgan fingerprint density at radius 3 is 2.38 bits per heavy atom.